The standard InChI is InChI=1S/C18H24N2O3S/c21-17(13-2-1-7-20(11-13)18(22)12-3-4-12)19-10-15-14-6-9-24-16(14)5-8-23-15/h6,9,12-13,15H,1-5,7-8,10-11H2,(H,19,21)/t13-,15-/m0/s1. The third kappa shape index (κ3) is 3.35. The molecule has 0 aromatic carbocycles. The van der Waals surface area contributed by atoms with Crippen LogP contribution in [0.2, 0.25) is 0 Å². The van der Waals surface area contributed by atoms with E-state index < -0.39 is 0 Å². The Labute approximate surface area is 146 Å². The number of hydrogen-bond acceptors (Lipinski definition) is 4. The topological polar surface area (TPSA) is 58.6 Å². The van der Waals surface area contributed by atoms with E-state index in [1.165, 1.54) is 10.4 Å². The molecule has 3 heterocycles. The molecule has 2 atom stereocenters. The first-order valence-corrected chi connectivity index (χ1v) is 9.84. The number of carbonyl (C=O) groups excluding carboxylic acids is 2. The third-order valence-corrected chi connectivity index (χ3v) is 6.26. The molecule has 6 heteroatoms. The monoisotopic (exact) mass is 348 g/mol. The van der Waals surface area contributed by atoms with Gasteiger partial charge in [0.2, 0.25) is 11.8 Å². The molecular weight excluding hydrogens is 324 g/mol. The molecule has 1 saturated heterocycles. The van der Waals surface area contributed by atoms with Crippen LogP contribution in [0, 0.1) is 11.8 Å². The predicted molar refractivity (Wildman–Crippen MR) is 91.8 cm³/mol. The molecule has 0 unspecified atom stereocenters. The zero-order chi connectivity index (χ0) is 16.5. The molecule has 1 aromatic rings. The average molecular weight is 348 g/mol. The van der Waals surface area contributed by atoms with Gasteiger partial charge in [-0.1, -0.05) is 0 Å². The van der Waals surface area contributed by atoms with E-state index in [0.717, 1.165) is 45.3 Å². The first-order chi connectivity index (χ1) is 11.7. The molecule has 5 nitrogen and oxygen atoms in total. The Bertz CT molecular complexity index is 626. The maximum Gasteiger partial charge on any atom is 0.225 e. The van der Waals surface area contributed by atoms with Crippen molar-refractivity contribution in [2.24, 2.45) is 11.8 Å². The smallest absolute Gasteiger partial charge is 0.225 e. The maximum atomic E-state index is 12.5. The summed E-state index contributed by atoms with van der Waals surface area (Å²) in [6, 6.07) is 2.10. The van der Waals surface area contributed by atoms with Gasteiger partial charge in [-0.15, -0.1) is 11.3 Å². The molecule has 24 heavy (non-hydrogen) atoms. The second kappa shape index (κ2) is 6.84. The fourth-order valence-electron chi connectivity index (χ4n) is 3.71. The molecule has 1 saturated carbocycles. The Hall–Kier alpha value is -1.40. The van der Waals surface area contributed by atoms with Crippen molar-refractivity contribution in [1.29, 1.82) is 0 Å². The number of nitrogens with one attached hydrogen (secondary N) is 1. The van der Waals surface area contributed by atoms with Crippen molar-refractivity contribution < 1.29 is 14.3 Å². The Morgan fingerprint density at radius 2 is 2.17 bits per heavy atom. The molecule has 2 amide bonds. The van der Waals surface area contributed by atoms with Gasteiger partial charge < -0.3 is 15.0 Å². The number of rotatable bonds is 4. The summed E-state index contributed by atoms with van der Waals surface area (Å²) in [5.74, 6) is 0.478. The Kier molecular flexibility index (Phi) is 4.59. The van der Waals surface area contributed by atoms with E-state index >= 15 is 0 Å². The number of likely N-dealkylation sites (tertiary alicyclic amines) is 1. The summed E-state index contributed by atoms with van der Waals surface area (Å²) in [6.07, 6.45) is 4.78. The van der Waals surface area contributed by atoms with Crippen LogP contribution < -0.4 is 5.32 Å². The quantitative estimate of drug-likeness (QED) is 0.907. The molecular formula is C18H24N2O3S. The number of amides is 2. The summed E-state index contributed by atoms with van der Waals surface area (Å²) in [7, 11) is 0. The van der Waals surface area contributed by atoms with Gasteiger partial charge in [0.1, 0.15) is 6.10 Å². The average Bonchev–Trinajstić information content (AvgIpc) is 3.36. The van der Waals surface area contributed by atoms with Crippen LogP contribution >= 0.6 is 11.3 Å². The van der Waals surface area contributed by atoms with Crippen molar-refractivity contribution in [2.75, 3.05) is 26.2 Å². The lowest BCUT2D eigenvalue weighted by Crippen LogP contribution is -2.46. The minimum absolute atomic E-state index is 0.0308. The molecule has 0 radical (unpaired) electrons. The van der Waals surface area contributed by atoms with Crippen LogP contribution in [0.5, 0.6) is 0 Å². The van der Waals surface area contributed by atoms with Crippen LogP contribution in [-0.2, 0) is 20.7 Å². The lowest BCUT2D eigenvalue weighted by Gasteiger charge is -2.32. The van der Waals surface area contributed by atoms with E-state index in [1.807, 2.05) is 4.90 Å². The minimum Gasteiger partial charge on any atom is -0.371 e. The highest BCUT2D eigenvalue weighted by Gasteiger charge is 2.36. The first-order valence-electron chi connectivity index (χ1n) is 8.96. The summed E-state index contributed by atoms with van der Waals surface area (Å²) >= 11 is 1.77. The minimum atomic E-state index is -0.0769. The van der Waals surface area contributed by atoms with E-state index in [-0.39, 0.29) is 29.8 Å². The SMILES string of the molecule is O=C(NC[C@@H]1OCCc2sccc21)[C@H]1CCCN(C(=O)C2CC2)C1. The second-order valence-electron chi connectivity index (χ2n) is 7.05. The van der Waals surface area contributed by atoms with Crippen LogP contribution in [-0.4, -0.2) is 43.0 Å². The van der Waals surface area contributed by atoms with Crippen molar-refractivity contribution >= 4 is 23.2 Å². The zero-order valence-electron chi connectivity index (χ0n) is 13.8. The van der Waals surface area contributed by atoms with Gasteiger partial charge in [-0.25, -0.2) is 0 Å². The summed E-state index contributed by atoms with van der Waals surface area (Å²) in [5, 5.41) is 5.15. The van der Waals surface area contributed by atoms with Crippen LogP contribution in [0.25, 0.3) is 0 Å². The van der Waals surface area contributed by atoms with E-state index in [1.54, 1.807) is 11.3 Å². The molecule has 1 aromatic heterocycles. The van der Waals surface area contributed by atoms with Gasteiger partial charge in [0, 0.05) is 36.9 Å². The number of ether oxygens (including phenoxy) is 1. The number of thiophene rings is 1. The number of fused-ring (bicyclic) bond motifs is 1. The van der Waals surface area contributed by atoms with E-state index in [9.17, 15) is 9.59 Å². The number of hydrogen-bond donors (Lipinski definition) is 1. The fourth-order valence-corrected chi connectivity index (χ4v) is 4.63. The molecule has 0 spiro atoms. The Morgan fingerprint density at radius 1 is 1.29 bits per heavy atom. The largest absolute Gasteiger partial charge is 0.371 e. The van der Waals surface area contributed by atoms with E-state index in [0.29, 0.717) is 13.1 Å². The maximum absolute atomic E-state index is 12.5. The lowest BCUT2D eigenvalue weighted by atomic mass is 9.96. The van der Waals surface area contributed by atoms with Crippen LogP contribution in [0.15, 0.2) is 11.4 Å². The van der Waals surface area contributed by atoms with E-state index in [4.69, 9.17) is 4.74 Å². The van der Waals surface area contributed by atoms with Crippen LogP contribution in [0.1, 0.15) is 42.2 Å². The summed E-state index contributed by atoms with van der Waals surface area (Å²) < 4.78 is 5.83. The molecule has 130 valence electrons. The third-order valence-electron chi connectivity index (χ3n) is 5.27. The van der Waals surface area contributed by atoms with E-state index in [2.05, 4.69) is 16.8 Å². The van der Waals surface area contributed by atoms with Gasteiger partial charge in [-0.2, -0.15) is 0 Å². The van der Waals surface area contributed by atoms with Gasteiger partial charge in [0.05, 0.1) is 12.5 Å². The van der Waals surface area contributed by atoms with Crippen molar-refractivity contribution in [2.45, 2.75) is 38.2 Å². The van der Waals surface area contributed by atoms with Gasteiger partial charge in [0.15, 0.2) is 0 Å². The van der Waals surface area contributed by atoms with Gasteiger partial charge in [-0.05, 0) is 42.7 Å². The van der Waals surface area contributed by atoms with Crippen molar-refractivity contribution in [3.05, 3.63) is 21.9 Å². The lowest BCUT2D eigenvalue weighted by molar-refractivity contribution is -0.137. The Morgan fingerprint density at radius 3 is 3.00 bits per heavy atom. The molecule has 4 rings (SSSR count). The van der Waals surface area contributed by atoms with Crippen molar-refractivity contribution in [1.82, 2.24) is 10.2 Å². The highest BCUT2D eigenvalue weighted by Crippen LogP contribution is 2.33. The van der Waals surface area contributed by atoms with Gasteiger partial charge in [-0.3, -0.25) is 9.59 Å². The molecule has 2 aliphatic heterocycles. The van der Waals surface area contributed by atoms with Crippen LogP contribution in [0.4, 0.5) is 0 Å². The van der Waals surface area contributed by atoms with Gasteiger partial charge >= 0.3 is 0 Å². The molecule has 0 bridgehead atoms. The summed E-state index contributed by atoms with van der Waals surface area (Å²) in [6.45, 7) is 2.64. The molecule has 3 aliphatic rings. The fraction of sp³-hybridized carbons (Fsp3) is 0.667. The zero-order valence-corrected chi connectivity index (χ0v) is 14.6. The predicted octanol–water partition coefficient (Wildman–Crippen LogP) is 2.13. The van der Waals surface area contributed by atoms with Crippen molar-refractivity contribution in [3.8, 4) is 0 Å². The van der Waals surface area contributed by atoms with Crippen molar-refractivity contribution in [3.63, 3.8) is 0 Å². The second-order valence-corrected chi connectivity index (χ2v) is 8.05. The number of piperidine rings is 1. The number of carbonyl (C=O) groups is 2. The summed E-state index contributed by atoms with van der Waals surface area (Å²) in [5.41, 5.74) is 1.22. The molecule has 1 aliphatic carbocycles. The highest BCUT2D eigenvalue weighted by atomic mass is 32.1. The van der Waals surface area contributed by atoms with Crippen LogP contribution in [0.3, 0.4) is 0 Å². The normalized spacial score (nSPS) is 26.8. The summed E-state index contributed by atoms with van der Waals surface area (Å²) in [4.78, 5) is 28.0. The number of nitrogens with zero attached hydrogens (tertiary/aromatic N) is 1. The highest BCUT2D eigenvalue weighted by molar-refractivity contribution is 7.10. The first kappa shape index (κ1) is 16.1. The Balaban J connectivity index is 1.31. The molecule has 1 N–H and O–H groups in total. The molecule has 2 fully saturated rings. The van der Waals surface area contributed by atoms with Gasteiger partial charge in [0.25, 0.3) is 0 Å².